The number of likely N-dealkylation sites (tertiary alicyclic amines) is 1. The van der Waals surface area contributed by atoms with E-state index in [0.29, 0.717) is 12.0 Å². The summed E-state index contributed by atoms with van der Waals surface area (Å²) < 4.78 is 5.93. The van der Waals surface area contributed by atoms with Crippen molar-refractivity contribution >= 4 is 0 Å². The van der Waals surface area contributed by atoms with Crippen LogP contribution in [0.5, 0.6) is 0 Å². The van der Waals surface area contributed by atoms with Gasteiger partial charge < -0.3 is 27.2 Å². The highest BCUT2D eigenvalue weighted by molar-refractivity contribution is 5.01. The van der Waals surface area contributed by atoms with E-state index in [2.05, 4.69) is 4.90 Å². The summed E-state index contributed by atoms with van der Waals surface area (Å²) in [4.78, 5) is 2.43. The number of hydrogen-bond donors (Lipinski definition) is 1. The molecule has 1 heterocycles. The molecule has 3 nitrogen and oxygen atoms in total. The monoisotopic (exact) mass is 370 g/mol. The molecule has 0 aromatic carbocycles. The van der Waals surface area contributed by atoms with E-state index < -0.39 is 0 Å². The molecule has 4 saturated carbocycles. The van der Waals surface area contributed by atoms with Crippen LogP contribution in [0.1, 0.15) is 70.6 Å². The average molecular weight is 371 g/mol. The number of rotatable bonds is 7. The normalized spacial score (nSPS) is 39.0. The first-order chi connectivity index (χ1) is 11.7. The molecule has 0 aromatic rings. The summed E-state index contributed by atoms with van der Waals surface area (Å²) in [5.41, 5.74) is 0.616. The highest BCUT2D eigenvalue weighted by Gasteiger charge is 2.50. The lowest BCUT2D eigenvalue weighted by Gasteiger charge is -2.57. The van der Waals surface area contributed by atoms with Crippen LogP contribution in [0.25, 0.3) is 0 Å². The highest BCUT2D eigenvalue weighted by Crippen LogP contribution is 2.61. The van der Waals surface area contributed by atoms with Crippen LogP contribution in [0.3, 0.4) is 0 Å². The third kappa shape index (κ3) is 5.12. The van der Waals surface area contributed by atoms with E-state index in [1.807, 2.05) is 0 Å². The van der Waals surface area contributed by atoms with Gasteiger partial charge in [-0.3, -0.25) is 0 Å². The van der Waals surface area contributed by atoms with E-state index in [1.165, 1.54) is 70.6 Å². The molecular formula is C21H37ClNO2-. The van der Waals surface area contributed by atoms with Crippen molar-refractivity contribution in [1.82, 2.24) is 4.90 Å². The maximum Gasteiger partial charge on any atom is 0.0900 e. The molecule has 5 aliphatic rings. The summed E-state index contributed by atoms with van der Waals surface area (Å²) >= 11 is 0. The molecule has 0 amide bonds. The average Bonchev–Trinajstić information content (AvgIpc) is 2.79. The van der Waals surface area contributed by atoms with Crippen molar-refractivity contribution < 1.29 is 22.3 Å². The minimum absolute atomic E-state index is 0. The Labute approximate surface area is 160 Å². The first kappa shape index (κ1) is 19.9. The summed E-state index contributed by atoms with van der Waals surface area (Å²) in [6, 6.07) is 0. The van der Waals surface area contributed by atoms with Crippen molar-refractivity contribution in [3.8, 4) is 0 Å². The molecule has 4 bridgehead atoms. The van der Waals surface area contributed by atoms with Crippen LogP contribution in [-0.4, -0.2) is 49.0 Å². The van der Waals surface area contributed by atoms with E-state index in [4.69, 9.17) is 4.74 Å². The summed E-state index contributed by atoms with van der Waals surface area (Å²) in [6.45, 7) is 4.51. The SMILES string of the molecule is OC(COCCC12CC3CC(CC(C3)C1)C2)CN1CCCCCC1.[Cl-]. The third-order valence-electron chi connectivity index (χ3n) is 7.42. The quantitative estimate of drug-likeness (QED) is 0.674. The number of aliphatic hydroxyl groups is 1. The molecule has 1 atom stereocenters. The van der Waals surface area contributed by atoms with Gasteiger partial charge in [-0.25, -0.2) is 0 Å². The fraction of sp³-hybridized carbons (Fsp3) is 1.00. The Bertz CT molecular complexity index is 373. The molecule has 1 saturated heterocycles. The second-order valence-electron chi connectivity index (χ2n) is 9.61. The van der Waals surface area contributed by atoms with Crippen LogP contribution in [-0.2, 0) is 4.74 Å². The Morgan fingerprint density at radius 3 is 2.04 bits per heavy atom. The lowest BCUT2D eigenvalue weighted by Crippen LogP contribution is -3.00. The zero-order chi connectivity index (χ0) is 16.4. The molecule has 25 heavy (non-hydrogen) atoms. The van der Waals surface area contributed by atoms with Gasteiger partial charge in [0, 0.05) is 13.2 Å². The van der Waals surface area contributed by atoms with Gasteiger partial charge >= 0.3 is 0 Å². The number of β-amino-alcohol motifs (C(OH)–C–C–N with tert-alkyl or cyclic N) is 1. The molecule has 1 unspecified atom stereocenters. The van der Waals surface area contributed by atoms with E-state index in [9.17, 15) is 5.11 Å². The Balaban J connectivity index is 0.00000182. The van der Waals surface area contributed by atoms with Crippen LogP contribution in [0.2, 0.25) is 0 Å². The van der Waals surface area contributed by atoms with Crippen molar-refractivity contribution in [2.45, 2.75) is 76.7 Å². The maximum atomic E-state index is 10.3. The molecular weight excluding hydrogens is 334 g/mol. The van der Waals surface area contributed by atoms with Gasteiger partial charge in [0.05, 0.1) is 12.7 Å². The predicted octanol–water partition coefficient (Wildman–Crippen LogP) is 0.850. The molecule has 1 aliphatic heterocycles. The van der Waals surface area contributed by atoms with Gasteiger partial charge in [-0.2, -0.15) is 0 Å². The zero-order valence-corrected chi connectivity index (χ0v) is 16.6. The summed E-state index contributed by atoms with van der Waals surface area (Å²) in [7, 11) is 0. The van der Waals surface area contributed by atoms with Crippen LogP contribution in [0.15, 0.2) is 0 Å². The minimum atomic E-state index is -0.306. The van der Waals surface area contributed by atoms with Crippen LogP contribution >= 0.6 is 0 Å². The van der Waals surface area contributed by atoms with Crippen LogP contribution in [0.4, 0.5) is 0 Å². The van der Waals surface area contributed by atoms with Crippen LogP contribution < -0.4 is 12.4 Å². The van der Waals surface area contributed by atoms with Crippen molar-refractivity contribution in [2.75, 3.05) is 32.8 Å². The van der Waals surface area contributed by atoms with Crippen molar-refractivity contribution in [1.29, 1.82) is 0 Å². The van der Waals surface area contributed by atoms with Gasteiger partial charge in [0.2, 0.25) is 0 Å². The number of aliphatic hydroxyl groups excluding tert-OH is 1. The lowest BCUT2D eigenvalue weighted by atomic mass is 9.49. The largest absolute Gasteiger partial charge is 1.00 e. The summed E-state index contributed by atoms with van der Waals surface area (Å²) in [5, 5.41) is 10.3. The standard InChI is InChI=1S/C21H37NO2.ClH/c23-20(15-22-6-3-1-2-4-7-22)16-24-8-5-21-12-17-9-18(13-21)11-19(10-17)14-21;/h17-20,23H,1-16H2;1H/p-1. The fourth-order valence-corrected chi connectivity index (χ4v) is 6.77. The summed E-state index contributed by atoms with van der Waals surface area (Å²) in [6.07, 6.45) is 15.2. The lowest BCUT2D eigenvalue weighted by molar-refractivity contribution is -0.0740. The second-order valence-corrected chi connectivity index (χ2v) is 9.61. The molecule has 0 spiro atoms. The van der Waals surface area contributed by atoms with Gasteiger partial charge in [-0.05, 0) is 94.0 Å². The van der Waals surface area contributed by atoms with Gasteiger partial charge in [0.15, 0.2) is 0 Å². The Hall–Kier alpha value is 0.170. The van der Waals surface area contributed by atoms with Gasteiger partial charge in [-0.1, -0.05) is 12.8 Å². The number of nitrogens with zero attached hydrogens (tertiary/aromatic N) is 1. The Morgan fingerprint density at radius 2 is 1.48 bits per heavy atom. The molecule has 0 aromatic heterocycles. The molecule has 4 aliphatic carbocycles. The molecule has 5 fully saturated rings. The van der Waals surface area contributed by atoms with E-state index in [1.54, 1.807) is 0 Å². The topological polar surface area (TPSA) is 32.7 Å². The molecule has 4 heteroatoms. The van der Waals surface area contributed by atoms with Crippen LogP contribution in [0, 0.1) is 23.2 Å². The zero-order valence-electron chi connectivity index (χ0n) is 15.8. The molecule has 1 N–H and O–H groups in total. The van der Waals surface area contributed by atoms with E-state index in [-0.39, 0.29) is 18.5 Å². The molecule has 5 rings (SSSR count). The van der Waals surface area contributed by atoms with Gasteiger partial charge in [0.1, 0.15) is 0 Å². The fourth-order valence-electron chi connectivity index (χ4n) is 6.77. The number of hydrogen-bond acceptors (Lipinski definition) is 3. The minimum Gasteiger partial charge on any atom is -1.00 e. The molecule has 0 radical (unpaired) electrons. The van der Waals surface area contributed by atoms with Crippen molar-refractivity contribution in [3.05, 3.63) is 0 Å². The van der Waals surface area contributed by atoms with Crippen molar-refractivity contribution in [3.63, 3.8) is 0 Å². The maximum absolute atomic E-state index is 10.3. The predicted molar refractivity (Wildman–Crippen MR) is 97.0 cm³/mol. The summed E-state index contributed by atoms with van der Waals surface area (Å²) in [5.74, 6) is 3.10. The second kappa shape index (κ2) is 8.91. The van der Waals surface area contributed by atoms with E-state index >= 15 is 0 Å². The first-order valence-electron chi connectivity index (χ1n) is 10.7. The smallest absolute Gasteiger partial charge is 0.0900 e. The van der Waals surface area contributed by atoms with E-state index in [0.717, 1.165) is 44.0 Å². The number of halogens is 1. The Kier molecular flexibility index (Phi) is 7.10. The third-order valence-corrected chi connectivity index (χ3v) is 7.42. The Morgan fingerprint density at radius 1 is 0.920 bits per heavy atom. The van der Waals surface area contributed by atoms with Gasteiger partial charge in [0.25, 0.3) is 0 Å². The first-order valence-corrected chi connectivity index (χ1v) is 10.7. The highest BCUT2D eigenvalue weighted by atomic mass is 35.5. The molecule has 146 valence electrons. The van der Waals surface area contributed by atoms with Crippen molar-refractivity contribution in [2.24, 2.45) is 23.2 Å². The number of ether oxygens (including phenoxy) is 1. The van der Waals surface area contributed by atoms with Gasteiger partial charge in [-0.15, -0.1) is 0 Å².